The number of rotatable bonds is 8. The summed E-state index contributed by atoms with van der Waals surface area (Å²) >= 11 is 0. The van der Waals surface area contributed by atoms with Gasteiger partial charge >= 0.3 is 0 Å². The van der Waals surface area contributed by atoms with Crippen molar-refractivity contribution in [2.24, 2.45) is 0 Å². The number of nitrogen functional groups attached to an aromatic ring is 1. The minimum absolute atomic E-state index is 0.286. The molecule has 0 aliphatic heterocycles. The Kier molecular flexibility index (Phi) is 6.61. The van der Waals surface area contributed by atoms with Gasteiger partial charge in [-0.05, 0) is 41.5 Å². The largest absolute Gasteiger partial charge is 0.489 e. The van der Waals surface area contributed by atoms with Gasteiger partial charge in [0, 0.05) is 11.8 Å². The lowest BCUT2D eigenvalue weighted by Crippen LogP contribution is -2.07. The Hall–Kier alpha value is -4.65. The Morgan fingerprint density at radius 2 is 1.76 bits per heavy atom. The van der Waals surface area contributed by atoms with E-state index in [9.17, 15) is 4.79 Å². The molecule has 33 heavy (non-hydrogen) atoms. The van der Waals surface area contributed by atoms with Crippen LogP contribution in [0.3, 0.4) is 0 Å². The van der Waals surface area contributed by atoms with E-state index in [2.05, 4.69) is 21.9 Å². The molecule has 4 rings (SSSR count). The van der Waals surface area contributed by atoms with Gasteiger partial charge in [0.2, 0.25) is 11.8 Å². The summed E-state index contributed by atoms with van der Waals surface area (Å²) in [6.45, 7) is 3.93. The second-order valence-corrected chi connectivity index (χ2v) is 7.06. The maximum Gasteiger partial charge on any atom is 0.247 e. The van der Waals surface area contributed by atoms with Gasteiger partial charge in [-0.3, -0.25) is 4.79 Å². The van der Waals surface area contributed by atoms with E-state index in [0.717, 1.165) is 16.9 Å². The van der Waals surface area contributed by atoms with E-state index in [1.807, 2.05) is 54.6 Å². The van der Waals surface area contributed by atoms with E-state index in [1.54, 1.807) is 24.3 Å². The van der Waals surface area contributed by atoms with Gasteiger partial charge in [-0.15, -0.1) is 0 Å². The average Bonchev–Trinajstić information content (AvgIpc) is 2.84. The van der Waals surface area contributed by atoms with Crippen molar-refractivity contribution in [3.8, 4) is 28.5 Å². The predicted octanol–water partition coefficient (Wildman–Crippen LogP) is 5.22. The Morgan fingerprint density at radius 3 is 2.52 bits per heavy atom. The van der Waals surface area contributed by atoms with Crippen molar-refractivity contribution in [2.45, 2.75) is 6.61 Å². The average molecular weight is 438 g/mol. The summed E-state index contributed by atoms with van der Waals surface area (Å²) in [5.41, 5.74) is 9.17. The van der Waals surface area contributed by atoms with E-state index in [-0.39, 0.29) is 11.7 Å². The van der Waals surface area contributed by atoms with Crippen LogP contribution in [0.1, 0.15) is 5.56 Å². The first-order valence-corrected chi connectivity index (χ1v) is 10.2. The molecule has 1 aromatic heterocycles. The number of nitrogens with zero attached hydrogens (tertiary/aromatic N) is 2. The first kappa shape index (κ1) is 21.6. The lowest BCUT2D eigenvalue weighted by atomic mass is 10.1. The Morgan fingerprint density at radius 1 is 0.970 bits per heavy atom. The van der Waals surface area contributed by atoms with E-state index in [1.165, 1.54) is 12.4 Å². The van der Waals surface area contributed by atoms with E-state index < -0.39 is 0 Å². The molecule has 0 bridgehead atoms. The normalized spacial score (nSPS) is 10.3. The number of carbonyl (C=O) groups excluding carboxylic acids is 1. The molecule has 0 spiro atoms. The Balaban J connectivity index is 1.54. The molecule has 0 radical (unpaired) electrons. The third-order valence-electron chi connectivity index (χ3n) is 4.73. The number of aromatic nitrogens is 2. The number of carbonyl (C=O) groups is 1. The van der Waals surface area contributed by atoms with Crippen molar-refractivity contribution >= 4 is 17.4 Å². The van der Waals surface area contributed by atoms with Crippen LogP contribution in [0, 0.1) is 0 Å². The van der Waals surface area contributed by atoms with E-state index in [4.69, 9.17) is 15.2 Å². The monoisotopic (exact) mass is 438 g/mol. The van der Waals surface area contributed by atoms with Crippen molar-refractivity contribution in [3.05, 3.63) is 103 Å². The second kappa shape index (κ2) is 10.1. The molecule has 1 amide bonds. The SMILES string of the molecule is C=CC(=O)Nc1cccc(Oc2ncnc(N)c2-c2ccc(OCc3ccccc3)cc2)c1. The van der Waals surface area contributed by atoms with Crippen LogP contribution in [0.4, 0.5) is 11.5 Å². The number of ether oxygens (including phenoxy) is 2. The molecule has 0 unspecified atom stereocenters. The van der Waals surface area contributed by atoms with Crippen molar-refractivity contribution < 1.29 is 14.3 Å². The molecule has 0 aliphatic rings. The molecular formula is C26H22N4O3. The molecule has 1 heterocycles. The summed E-state index contributed by atoms with van der Waals surface area (Å²) in [7, 11) is 0. The van der Waals surface area contributed by atoms with Crippen LogP contribution >= 0.6 is 0 Å². The lowest BCUT2D eigenvalue weighted by molar-refractivity contribution is -0.111. The molecule has 3 N–H and O–H groups in total. The van der Waals surface area contributed by atoms with Gasteiger partial charge < -0.3 is 20.5 Å². The van der Waals surface area contributed by atoms with Gasteiger partial charge in [0.1, 0.15) is 30.3 Å². The van der Waals surface area contributed by atoms with Crippen LogP contribution in [0.25, 0.3) is 11.1 Å². The van der Waals surface area contributed by atoms with Crippen LogP contribution in [0.2, 0.25) is 0 Å². The van der Waals surface area contributed by atoms with Gasteiger partial charge in [-0.1, -0.05) is 55.1 Å². The molecule has 0 atom stereocenters. The highest BCUT2D eigenvalue weighted by Gasteiger charge is 2.15. The summed E-state index contributed by atoms with van der Waals surface area (Å²) in [6, 6.07) is 24.4. The Labute approximate surface area is 191 Å². The number of nitrogens with two attached hydrogens (primary N) is 1. The highest BCUT2D eigenvalue weighted by molar-refractivity contribution is 5.98. The molecule has 7 nitrogen and oxygen atoms in total. The van der Waals surface area contributed by atoms with Crippen LogP contribution in [0.15, 0.2) is 97.8 Å². The number of anilines is 2. The molecule has 7 heteroatoms. The quantitative estimate of drug-likeness (QED) is 0.366. The summed E-state index contributed by atoms with van der Waals surface area (Å²) in [4.78, 5) is 20.0. The number of hydrogen-bond donors (Lipinski definition) is 2. The fourth-order valence-electron chi connectivity index (χ4n) is 3.13. The minimum atomic E-state index is -0.311. The molecule has 0 aliphatic carbocycles. The number of hydrogen-bond acceptors (Lipinski definition) is 6. The maximum atomic E-state index is 11.6. The second-order valence-electron chi connectivity index (χ2n) is 7.06. The molecule has 4 aromatic rings. The lowest BCUT2D eigenvalue weighted by Gasteiger charge is -2.13. The zero-order chi connectivity index (χ0) is 23.0. The van der Waals surface area contributed by atoms with Crippen LogP contribution in [-0.4, -0.2) is 15.9 Å². The van der Waals surface area contributed by atoms with Crippen molar-refractivity contribution in [2.75, 3.05) is 11.1 Å². The standard InChI is InChI=1S/C26H22N4O3/c1-2-23(31)30-20-9-6-10-22(15-20)33-26-24(25(27)28-17-29-26)19-11-13-21(14-12-19)32-16-18-7-4-3-5-8-18/h2-15,17H,1,16H2,(H,30,31)(H2,27,28,29). The van der Waals surface area contributed by atoms with Crippen molar-refractivity contribution in [1.82, 2.24) is 9.97 Å². The predicted molar refractivity (Wildman–Crippen MR) is 128 cm³/mol. The molecular weight excluding hydrogens is 416 g/mol. The molecule has 164 valence electrons. The molecule has 0 saturated carbocycles. The highest BCUT2D eigenvalue weighted by Crippen LogP contribution is 2.36. The fraction of sp³-hybridized carbons (Fsp3) is 0.0385. The van der Waals surface area contributed by atoms with Gasteiger partial charge in [-0.2, -0.15) is 0 Å². The first-order chi connectivity index (χ1) is 16.1. The van der Waals surface area contributed by atoms with Crippen LogP contribution < -0.4 is 20.5 Å². The number of nitrogens with one attached hydrogen (secondary N) is 1. The van der Waals surface area contributed by atoms with Crippen LogP contribution in [0.5, 0.6) is 17.4 Å². The summed E-state index contributed by atoms with van der Waals surface area (Å²) in [6.07, 6.45) is 2.54. The summed E-state index contributed by atoms with van der Waals surface area (Å²) in [5.74, 6) is 1.49. The summed E-state index contributed by atoms with van der Waals surface area (Å²) < 4.78 is 11.9. The molecule has 0 fully saturated rings. The fourth-order valence-corrected chi connectivity index (χ4v) is 3.13. The zero-order valence-corrected chi connectivity index (χ0v) is 17.8. The Bertz CT molecular complexity index is 1260. The third kappa shape index (κ3) is 5.54. The van der Waals surface area contributed by atoms with Gasteiger partial charge in [0.25, 0.3) is 0 Å². The topological polar surface area (TPSA) is 99.4 Å². The smallest absolute Gasteiger partial charge is 0.247 e. The van der Waals surface area contributed by atoms with E-state index >= 15 is 0 Å². The molecule has 3 aromatic carbocycles. The summed E-state index contributed by atoms with van der Waals surface area (Å²) in [5, 5.41) is 2.70. The van der Waals surface area contributed by atoms with Crippen molar-refractivity contribution in [1.29, 1.82) is 0 Å². The number of benzene rings is 3. The van der Waals surface area contributed by atoms with Crippen LogP contribution in [-0.2, 0) is 11.4 Å². The first-order valence-electron chi connectivity index (χ1n) is 10.2. The van der Waals surface area contributed by atoms with Crippen molar-refractivity contribution in [3.63, 3.8) is 0 Å². The molecule has 0 saturated heterocycles. The minimum Gasteiger partial charge on any atom is -0.489 e. The number of amides is 1. The van der Waals surface area contributed by atoms with Gasteiger partial charge in [0.05, 0.1) is 5.56 Å². The zero-order valence-electron chi connectivity index (χ0n) is 17.8. The highest BCUT2D eigenvalue weighted by atomic mass is 16.5. The van der Waals surface area contributed by atoms with E-state index in [0.29, 0.717) is 29.5 Å². The van der Waals surface area contributed by atoms with Gasteiger partial charge in [-0.25, -0.2) is 9.97 Å². The maximum absolute atomic E-state index is 11.6. The third-order valence-corrected chi connectivity index (χ3v) is 4.73. The van der Waals surface area contributed by atoms with Gasteiger partial charge in [0.15, 0.2) is 0 Å².